The molecular formula is C19H26N4O3. The monoisotopic (exact) mass is 358 g/mol. The van der Waals surface area contributed by atoms with Crippen molar-refractivity contribution in [1.29, 1.82) is 0 Å². The summed E-state index contributed by atoms with van der Waals surface area (Å²) in [6.07, 6.45) is 3.41. The van der Waals surface area contributed by atoms with Crippen molar-refractivity contribution in [3.8, 4) is 11.5 Å². The zero-order valence-electron chi connectivity index (χ0n) is 15.8. The Morgan fingerprint density at radius 2 is 1.92 bits per heavy atom. The molecule has 0 fully saturated rings. The number of hydrogen-bond acceptors (Lipinski definition) is 6. The number of unbranched alkanes of at least 4 members (excludes halogenated alkanes) is 1. The summed E-state index contributed by atoms with van der Waals surface area (Å²) in [5, 5.41) is 3.21. The van der Waals surface area contributed by atoms with Crippen LogP contribution < -0.4 is 14.8 Å². The topological polar surface area (TPSA) is 76.6 Å². The number of carbonyl (C=O) groups excluding carboxylic acids is 1. The van der Waals surface area contributed by atoms with E-state index in [1.807, 2.05) is 18.2 Å². The van der Waals surface area contributed by atoms with E-state index in [0.717, 1.165) is 18.4 Å². The van der Waals surface area contributed by atoms with Gasteiger partial charge < -0.3 is 19.7 Å². The number of hydrogen-bond donors (Lipinski definition) is 1. The quantitative estimate of drug-likeness (QED) is 0.743. The molecule has 0 aliphatic heterocycles. The first-order chi connectivity index (χ1) is 12.6. The molecule has 0 bridgehead atoms. The standard InChI is InChI=1S/C19H26N4O3/c1-5-6-9-23(2)19(24)15-11-18(22-13-21-15)20-12-14-7-8-16(25-3)17(10-14)26-4/h7-8,10-11,13H,5-6,9,12H2,1-4H3,(H,20,21,22). The molecule has 0 radical (unpaired) electrons. The Balaban J connectivity index is 2.03. The van der Waals surface area contributed by atoms with Gasteiger partial charge in [-0.15, -0.1) is 0 Å². The molecular weight excluding hydrogens is 332 g/mol. The zero-order valence-corrected chi connectivity index (χ0v) is 15.8. The summed E-state index contributed by atoms with van der Waals surface area (Å²) >= 11 is 0. The maximum atomic E-state index is 12.4. The van der Waals surface area contributed by atoms with Gasteiger partial charge in [0.2, 0.25) is 0 Å². The normalized spacial score (nSPS) is 10.3. The minimum absolute atomic E-state index is 0.102. The molecule has 1 heterocycles. The maximum Gasteiger partial charge on any atom is 0.272 e. The third-order valence-corrected chi connectivity index (χ3v) is 4.00. The van der Waals surface area contributed by atoms with Crippen LogP contribution in [0.1, 0.15) is 35.8 Å². The largest absolute Gasteiger partial charge is 0.493 e. The average molecular weight is 358 g/mol. The van der Waals surface area contributed by atoms with E-state index in [2.05, 4.69) is 22.2 Å². The van der Waals surface area contributed by atoms with E-state index < -0.39 is 0 Å². The minimum atomic E-state index is -0.102. The van der Waals surface area contributed by atoms with E-state index in [0.29, 0.717) is 36.1 Å². The molecule has 0 saturated carbocycles. The summed E-state index contributed by atoms with van der Waals surface area (Å²) < 4.78 is 10.5. The molecule has 2 rings (SSSR count). The Hall–Kier alpha value is -2.83. The van der Waals surface area contributed by atoms with Gasteiger partial charge in [-0.05, 0) is 24.1 Å². The van der Waals surface area contributed by atoms with Gasteiger partial charge in [0.15, 0.2) is 11.5 Å². The van der Waals surface area contributed by atoms with Gasteiger partial charge in [-0.3, -0.25) is 4.79 Å². The predicted octanol–water partition coefficient (Wildman–Crippen LogP) is 2.98. The minimum Gasteiger partial charge on any atom is -0.493 e. The highest BCUT2D eigenvalue weighted by molar-refractivity contribution is 5.92. The Bertz CT molecular complexity index is 736. The van der Waals surface area contributed by atoms with E-state index in [9.17, 15) is 4.79 Å². The van der Waals surface area contributed by atoms with Crippen molar-refractivity contribution in [2.45, 2.75) is 26.3 Å². The van der Waals surface area contributed by atoms with Crippen LogP contribution in [0.3, 0.4) is 0 Å². The Kier molecular flexibility index (Phi) is 7.20. The molecule has 1 amide bonds. The summed E-state index contributed by atoms with van der Waals surface area (Å²) in [7, 11) is 5.00. The second-order valence-electron chi connectivity index (χ2n) is 5.91. The zero-order chi connectivity index (χ0) is 18.9. The van der Waals surface area contributed by atoms with Crippen molar-refractivity contribution < 1.29 is 14.3 Å². The van der Waals surface area contributed by atoms with Crippen molar-refractivity contribution in [3.05, 3.63) is 41.9 Å². The first-order valence-electron chi connectivity index (χ1n) is 8.61. The van der Waals surface area contributed by atoms with E-state index in [1.165, 1.54) is 6.33 Å². The number of rotatable bonds is 9. The van der Waals surface area contributed by atoms with Crippen LogP contribution in [0.4, 0.5) is 5.82 Å². The fourth-order valence-electron chi connectivity index (χ4n) is 2.45. The summed E-state index contributed by atoms with van der Waals surface area (Å²) in [6, 6.07) is 7.37. The molecule has 1 aromatic carbocycles. The van der Waals surface area contributed by atoms with Crippen molar-refractivity contribution in [2.24, 2.45) is 0 Å². The van der Waals surface area contributed by atoms with Crippen LogP contribution in [0.2, 0.25) is 0 Å². The van der Waals surface area contributed by atoms with Crippen LogP contribution in [0.5, 0.6) is 11.5 Å². The average Bonchev–Trinajstić information content (AvgIpc) is 2.69. The SMILES string of the molecule is CCCCN(C)C(=O)c1cc(NCc2ccc(OC)c(OC)c2)ncn1. The Labute approximate surface area is 154 Å². The second kappa shape index (κ2) is 9.60. The van der Waals surface area contributed by atoms with Crippen LogP contribution >= 0.6 is 0 Å². The van der Waals surface area contributed by atoms with E-state index >= 15 is 0 Å². The highest BCUT2D eigenvalue weighted by atomic mass is 16.5. The number of amides is 1. The number of methoxy groups -OCH3 is 2. The van der Waals surface area contributed by atoms with E-state index in [1.54, 1.807) is 32.2 Å². The van der Waals surface area contributed by atoms with Gasteiger partial charge in [0.1, 0.15) is 17.8 Å². The summed E-state index contributed by atoms with van der Waals surface area (Å²) in [5.41, 5.74) is 1.39. The number of anilines is 1. The molecule has 7 nitrogen and oxygen atoms in total. The van der Waals surface area contributed by atoms with Gasteiger partial charge in [0.05, 0.1) is 14.2 Å². The number of ether oxygens (including phenoxy) is 2. The molecule has 1 aromatic heterocycles. The Morgan fingerprint density at radius 3 is 2.62 bits per heavy atom. The Morgan fingerprint density at radius 1 is 1.15 bits per heavy atom. The van der Waals surface area contributed by atoms with Crippen molar-refractivity contribution in [1.82, 2.24) is 14.9 Å². The number of aromatic nitrogens is 2. The van der Waals surface area contributed by atoms with Gasteiger partial charge in [0.25, 0.3) is 5.91 Å². The molecule has 0 spiro atoms. The lowest BCUT2D eigenvalue weighted by atomic mass is 10.2. The van der Waals surface area contributed by atoms with Crippen LogP contribution in [0.15, 0.2) is 30.6 Å². The number of benzene rings is 1. The second-order valence-corrected chi connectivity index (χ2v) is 5.91. The van der Waals surface area contributed by atoms with Crippen molar-refractivity contribution >= 4 is 11.7 Å². The fraction of sp³-hybridized carbons (Fsp3) is 0.421. The molecule has 2 aromatic rings. The van der Waals surface area contributed by atoms with E-state index in [4.69, 9.17) is 9.47 Å². The van der Waals surface area contributed by atoms with Crippen molar-refractivity contribution in [3.63, 3.8) is 0 Å². The lowest BCUT2D eigenvalue weighted by Crippen LogP contribution is -2.28. The smallest absolute Gasteiger partial charge is 0.272 e. The molecule has 140 valence electrons. The molecule has 0 aliphatic rings. The highest BCUT2D eigenvalue weighted by Gasteiger charge is 2.13. The van der Waals surface area contributed by atoms with Crippen LogP contribution in [0.25, 0.3) is 0 Å². The predicted molar refractivity (Wildman–Crippen MR) is 101 cm³/mol. The third kappa shape index (κ3) is 5.08. The molecule has 0 aliphatic carbocycles. The lowest BCUT2D eigenvalue weighted by Gasteiger charge is -2.16. The van der Waals surface area contributed by atoms with Gasteiger partial charge >= 0.3 is 0 Å². The van der Waals surface area contributed by atoms with E-state index in [-0.39, 0.29) is 5.91 Å². The first kappa shape index (κ1) is 19.5. The molecule has 1 N–H and O–H groups in total. The maximum absolute atomic E-state index is 12.4. The number of nitrogens with zero attached hydrogens (tertiary/aromatic N) is 3. The van der Waals surface area contributed by atoms with Gasteiger partial charge in [-0.2, -0.15) is 0 Å². The first-order valence-corrected chi connectivity index (χ1v) is 8.61. The third-order valence-electron chi connectivity index (χ3n) is 4.00. The molecule has 7 heteroatoms. The molecule has 26 heavy (non-hydrogen) atoms. The number of nitrogens with one attached hydrogen (secondary N) is 1. The number of carbonyl (C=O) groups is 1. The van der Waals surface area contributed by atoms with Crippen LogP contribution in [-0.2, 0) is 6.54 Å². The van der Waals surface area contributed by atoms with Gasteiger partial charge in [-0.1, -0.05) is 19.4 Å². The van der Waals surface area contributed by atoms with Gasteiger partial charge in [-0.25, -0.2) is 9.97 Å². The summed E-state index contributed by atoms with van der Waals surface area (Å²) in [6.45, 7) is 3.35. The molecule has 0 saturated heterocycles. The van der Waals surface area contributed by atoms with Crippen LogP contribution in [-0.4, -0.2) is 48.6 Å². The molecule has 0 atom stereocenters. The summed E-state index contributed by atoms with van der Waals surface area (Å²) in [4.78, 5) is 22.4. The van der Waals surface area contributed by atoms with Crippen molar-refractivity contribution in [2.75, 3.05) is 33.1 Å². The fourth-order valence-corrected chi connectivity index (χ4v) is 2.45. The summed E-state index contributed by atoms with van der Waals surface area (Å²) in [5.74, 6) is 1.85. The highest BCUT2D eigenvalue weighted by Crippen LogP contribution is 2.27. The van der Waals surface area contributed by atoms with Gasteiger partial charge in [0, 0.05) is 26.2 Å². The molecule has 0 unspecified atom stereocenters. The van der Waals surface area contributed by atoms with Crippen LogP contribution in [0, 0.1) is 0 Å². The lowest BCUT2D eigenvalue weighted by molar-refractivity contribution is 0.0787.